The molecule has 0 bridgehead atoms. The molecule has 5 rings (SSSR count). The number of anilines is 1. The van der Waals surface area contributed by atoms with Gasteiger partial charge in [-0.25, -0.2) is 39.6 Å². The van der Waals surface area contributed by atoms with Gasteiger partial charge >= 0.3 is 12.1 Å². The van der Waals surface area contributed by atoms with Crippen LogP contribution in [-0.2, 0) is 39.5 Å². The second-order valence-corrected chi connectivity index (χ2v) is 15.6. The number of carboxylic acid groups (broad SMARTS) is 1. The van der Waals surface area contributed by atoms with E-state index in [9.17, 15) is 62.6 Å². The van der Waals surface area contributed by atoms with Gasteiger partial charge in [0.15, 0.2) is 28.2 Å². The summed E-state index contributed by atoms with van der Waals surface area (Å²) in [6, 6.07) is 11.0. The topological polar surface area (TPSA) is 95.0 Å². The van der Waals surface area contributed by atoms with Crippen molar-refractivity contribution in [1.29, 1.82) is 0 Å². The molecule has 7 nitrogen and oxygen atoms in total. The van der Waals surface area contributed by atoms with Gasteiger partial charge in [-0.15, -0.1) is 0 Å². The van der Waals surface area contributed by atoms with Crippen molar-refractivity contribution in [3.05, 3.63) is 129 Å². The van der Waals surface area contributed by atoms with Crippen molar-refractivity contribution in [1.82, 2.24) is 4.31 Å². The van der Waals surface area contributed by atoms with Crippen LogP contribution in [0.15, 0.2) is 65.6 Å². The van der Waals surface area contributed by atoms with Gasteiger partial charge in [0.2, 0.25) is 21.7 Å². The molecule has 0 spiro atoms. The first kappa shape index (κ1) is 40.3. The van der Waals surface area contributed by atoms with E-state index in [1.807, 2.05) is 26.8 Å². The zero-order chi connectivity index (χ0) is 40.1. The minimum Gasteiger partial charge on any atom is -0.478 e. The van der Waals surface area contributed by atoms with Crippen LogP contribution < -0.4 is 4.90 Å². The minimum absolute atomic E-state index is 0.110. The van der Waals surface area contributed by atoms with Crippen LogP contribution in [0.5, 0.6) is 0 Å². The standard InChI is InChI=1S/C37H31F9N2O5S/c1-36(2,3)24-13-19(12-23(14-24)20-8-9-20)16-48(27-11-10-21(35(50)51)15-25(27)37(44,45)46)28(49)18-47(17-22-6-4-5-7-26(22)38)54(52,53)34-32(42)30(40)29(39)31(41)33(34)43/h4-7,10-15,20H,8-9,16-18H2,1-3H3,(H,50,51). The maximum atomic E-state index is 15.0. The molecule has 1 fully saturated rings. The second-order valence-electron chi connectivity index (χ2n) is 13.8. The van der Waals surface area contributed by atoms with E-state index in [0.29, 0.717) is 11.0 Å². The largest absolute Gasteiger partial charge is 0.478 e. The lowest BCUT2D eigenvalue weighted by Gasteiger charge is -2.30. The number of carbonyl (C=O) groups is 2. The first-order valence-corrected chi connectivity index (χ1v) is 17.6. The fourth-order valence-electron chi connectivity index (χ4n) is 5.74. The molecule has 288 valence electrons. The van der Waals surface area contributed by atoms with Crippen LogP contribution >= 0.6 is 0 Å². The molecular weight excluding hydrogens is 755 g/mol. The first-order chi connectivity index (χ1) is 25.0. The Bertz CT molecular complexity index is 2220. The molecule has 0 atom stereocenters. The van der Waals surface area contributed by atoms with Crippen molar-refractivity contribution >= 4 is 27.6 Å². The average Bonchev–Trinajstić information content (AvgIpc) is 3.94. The summed E-state index contributed by atoms with van der Waals surface area (Å²) in [5.41, 5.74) is -2.67. The molecule has 0 aromatic heterocycles. The number of benzene rings is 4. The average molecular weight is 787 g/mol. The maximum absolute atomic E-state index is 15.0. The smallest absolute Gasteiger partial charge is 0.418 e. The fraction of sp³-hybridized carbons (Fsp3) is 0.297. The van der Waals surface area contributed by atoms with E-state index >= 15 is 0 Å². The van der Waals surface area contributed by atoms with E-state index in [1.165, 1.54) is 12.1 Å². The molecule has 1 amide bonds. The molecule has 17 heteroatoms. The summed E-state index contributed by atoms with van der Waals surface area (Å²) in [5, 5.41) is 9.43. The van der Waals surface area contributed by atoms with E-state index in [1.54, 1.807) is 12.1 Å². The lowest BCUT2D eigenvalue weighted by Crippen LogP contribution is -2.43. The predicted molar refractivity (Wildman–Crippen MR) is 177 cm³/mol. The summed E-state index contributed by atoms with van der Waals surface area (Å²) >= 11 is 0. The lowest BCUT2D eigenvalue weighted by atomic mass is 9.84. The van der Waals surface area contributed by atoms with E-state index in [-0.39, 0.29) is 21.9 Å². The molecule has 1 saturated carbocycles. The number of nitrogens with zero attached hydrogens (tertiary/aromatic N) is 2. The number of hydrogen-bond donors (Lipinski definition) is 1. The zero-order valence-corrected chi connectivity index (χ0v) is 29.5. The SMILES string of the molecule is CC(C)(C)c1cc(CN(C(=O)CN(Cc2ccccc2F)S(=O)(=O)c2c(F)c(F)c(F)c(F)c2F)c2ccc(C(=O)O)cc2C(F)(F)F)cc(C2CC2)c1. The van der Waals surface area contributed by atoms with Gasteiger partial charge in [0.25, 0.3) is 0 Å². The molecule has 0 radical (unpaired) electrons. The third kappa shape index (κ3) is 8.26. The van der Waals surface area contributed by atoms with Crippen LogP contribution in [-0.4, -0.2) is 36.3 Å². The summed E-state index contributed by atoms with van der Waals surface area (Å²) in [6.07, 6.45) is -3.68. The number of carbonyl (C=O) groups excluding carboxylic acids is 1. The molecule has 0 heterocycles. The lowest BCUT2D eigenvalue weighted by molar-refractivity contribution is -0.137. The Morgan fingerprint density at radius 3 is 1.93 bits per heavy atom. The highest BCUT2D eigenvalue weighted by Gasteiger charge is 2.41. The highest BCUT2D eigenvalue weighted by molar-refractivity contribution is 7.89. The van der Waals surface area contributed by atoms with Gasteiger partial charge in [-0.2, -0.15) is 17.5 Å². The number of amides is 1. The molecule has 0 aliphatic heterocycles. The van der Waals surface area contributed by atoms with Crippen molar-refractivity contribution in [3.63, 3.8) is 0 Å². The second kappa shape index (κ2) is 14.7. The van der Waals surface area contributed by atoms with E-state index in [0.717, 1.165) is 42.2 Å². The Balaban J connectivity index is 1.71. The van der Waals surface area contributed by atoms with Crippen molar-refractivity contribution in [2.24, 2.45) is 0 Å². The zero-order valence-electron chi connectivity index (χ0n) is 28.7. The molecule has 54 heavy (non-hydrogen) atoms. The normalized spacial score (nSPS) is 13.7. The summed E-state index contributed by atoms with van der Waals surface area (Å²) in [5.74, 6) is -17.9. The van der Waals surface area contributed by atoms with Crippen LogP contribution in [0.3, 0.4) is 0 Å². The summed E-state index contributed by atoms with van der Waals surface area (Å²) < 4.78 is 159. The monoisotopic (exact) mass is 786 g/mol. The van der Waals surface area contributed by atoms with E-state index in [4.69, 9.17) is 0 Å². The maximum Gasteiger partial charge on any atom is 0.418 e. The highest BCUT2D eigenvalue weighted by atomic mass is 32.2. The highest BCUT2D eigenvalue weighted by Crippen LogP contribution is 2.43. The molecule has 1 aliphatic rings. The van der Waals surface area contributed by atoms with E-state index in [2.05, 4.69) is 0 Å². The quantitative estimate of drug-likeness (QED) is 0.0932. The van der Waals surface area contributed by atoms with Crippen LogP contribution in [0.4, 0.5) is 45.2 Å². The van der Waals surface area contributed by atoms with Crippen LogP contribution in [0.2, 0.25) is 0 Å². The van der Waals surface area contributed by atoms with Crippen molar-refractivity contribution in [2.75, 3.05) is 11.4 Å². The number of alkyl halides is 3. The number of aromatic carboxylic acids is 1. The summed E-state index contributed by atoms with van der Waals surface area (Å²) in [7, 11) is -5.99. The van der Waals surface area contributed by atoms with Crippen molar-refractivity contribution < 1.29 is 62.6 Å². The molecule has 0 saturated heterocycles. The number of halogens is 9. The van der Waals surface area contributed by atoms with Gasteiger partial charge in [-0.3, -0.25) is 4.79 Å². The first-order valence-electron chi connectivity index (χ1n) is 16.2. The fourth-order valence-corrected chi connectivity index (χ4v) is 7.22. The van der Waals surface area contributed by atoms with Crippen LogP contribution in [0, 0.1) is 34.9 Å². The van der Waals surface area contributed by atoms with Crippen molar-refractivity contribution in [2.45, 2.75) is 69.1 Å². The molecular formula is C37H31F9N2O5S. The van der Waals surface area contributed by atoms with Crippen LogP contribution in [0.25, 0.3) is 0 Å². The third-order valence-corrected chi connectivity index (χ3v) is 10.6. The molecule has 1 aliphatic carbocycles. The van der Waals surface area contributed by atoms with Crippen LogP contribution in [0.1, 0.15) is 77.7 Å². The number of carboxylic acids is 1. The summed E-state index contributed by atoms with van der Waals surface area (Å²) in [6.45, 7) is 2.01. The number of sulfonamides is 1. The molecule has 4 aromatic rings. The van der Waals surface area contributed by atoms with Gasteiger partial charge in [0, 0.05) is 12.1 Å². The predicted octanol–water partition coefficient (Wildman–Crippen LogP) is 8.84. The third-order valence-electron chi connectivity index (χ3n) is 8.79. The van der Waals surface area contributed by atoms with Crippen molar-refractivity contribution in [3.8, 4) is 0 Å². The van der Waals surface area contributed by atoms with Gasteiger partial charge in [0.1, 0.15) is 5.82 Å². The Morgan fingerprint density at radius 1 is 0.796 bits per heavy atom. The minimum atomic E-state index is -5.99. The molecule has 0 unspecified atom stereocenters. The Kier molecular flexibility index (Phi) is 11.0. The molecule has 4 aromatic carbocycles. The summed E-state index contributed by atoms with van der Waals surface area (Å²) in [4.78, 5) is 24.1. The Labute approximate surface area is 303 Å². The number of rotatable bonds is 11. The Hall–Kier alpha value is -4.90. The number of hydrogen-bond acceptors (Lipinski definition) is 4. The van der Waals surface area contributed by atoms with Gasteiger partial charge in [-0.05, 0) is 65.1 Å². The van der Waals surface area contributed by atoms with Gasteiger partial charge in [0.05, 0.1) is 29.9 Å². The molecule has 1 N–H and O–H groups in total. The van der Waals surface area contributed by atoms with Gasteiger partial charge in [-0.1, -0.05) is 57.2 Å². The van der Waals surface area contributed by atoms with E-state index < -0.39 is 115 Å². The van der Waals surface area contributed by atoms with Gasteiger partial charge < -0.3 is 10.0 Å². The Morgan fingerprint density at radius 2 is 1.39 bits per heavy atom.